The Hall–Kier alpha value is -5.24. The molecule has 0 aliphatic heterocycles. The first kappa shape index (κ1) is 40.0. The van der Waals surface area contributed by atoms with E-state index >= 15 is 0 Å². The van der Waals surface area contributed by atoms with Gasteiger partial charge >= 0.3 is 0 Å². The van der Waals surface area contributed by atoms with Crippen LogP contribution in [0, 0.1) is 0 Å². The van der Waals surface area contributed by atoms with Crippen LogP contribution in [0.5, 0.6) is 0 Å². The summed E-state index contributed by atoms with van der Waals surface area (Å²) >= 11 is 0. The molecule has 0 spiro atoms. The predicted molar refractivity (Wildman–Crippen MR) is 222 cm³/mol. The lowest BCUT2D eigenvalue weighted by atomic mass is 10.2. The van der Waals surface area contributed by atoms with Crippen LogP contribution in [0.2, 0.25) is 0 Å². The maximum atomic E-state index is 5.86. The van der Waals surface area contributed by atoms with Gasteiger partial charge in [0, 0.05) is 37.6 Å². The Balaban J connectivity index is 0.000000208. The van der Waals surface area contributed by atoms with E-state index in [4.69, 9.17) is 18.9 Å². The summed E-state index contributed by atoms with van der Waals surface area (Å²) in [5.74, 6) is 0. The lowest BCUT2D eigenvalue weighted by molar-refractivity contribution is 0.115. The highest BCUT2D eigenvalue weighted by Gasteiger charge is 2.08. The number of rotatable bonds is 22. The second kappa shape index (κ2) is 24.9. The number of para-hydroxylation sites is 2. The molecular formula is C48H54N2O4. The molecule has 6 nitrogen and oxygen atoms in total. The summed E-state index contributed by atoms with van der Waals surface area (Å²) in [6, 6.07) is 62.0. The van der Waals surface area contributed by atoms with Gasteiger partial charge in [-0.1, -0.05) is 158 Å². The summed E-state index contributed by atoms with van der Waals surface area (Å²) < 4.78 is 23.5. The van der Waals surface area contributed by atoms with Gasteiger partial charge < -0.3 is 28.7 Å². The van der Waals surface area contributed by atoms with Crippen molar-refractivity contribution in [2.24, 2.45) is 0 Å². The number of hydrogen-bond donors (Lipinski definition) is 0. The van der Waals surface area contributed by atoms with Gasteiger partial charge in [-0.2, -0.15) is 0 Å². The van der Waals surface area contributed by atoms with Crippen LogP contribution < -0.4 is 9.80 Å². The molecule has 0 atom stereocenters. The van der Waals surface area contributed by atoms with Crippen molar-refractivity contribution in [2.75, 3.05) is 62.4 Å². The van der Waals surface area contributed by atoms with Crippen molar-refractivity contribution in [3.63, 3.8) is 0 Å². The van der Waals surface area contributed by atoms with Crippen LogP contribution in [0.1, 0.15) is 22.3 Å². The Morgan fingerprint density at radius 3 is 0.685 bits per heavy atom. The summed E-state index contributed by atoms with van der Waals surface area (Å²) in [5.41, 5.74) is 7.21. The summed E-state index contributed by atoms with van der Waals surface area (Å²) in [4.78, 5) is 4.63. The van der Waals surface area contributed by atoms with Gasteiger partial charge in [-0.05, 0) is 46.5 Å². The highest BCUT2D eigenvalue weighted by molar-refractivity contribution is 5.46. The molecule has 0 saturated carbocycles. The minimum absolute atomic E-state index is 0.647. The number of ether oxygens (including phenoxy) is 4. The number of anilines is 2. The first-order chi connectivity index (χ1) is 26.8. The fourth-order valence-electron chi connectivity index (χ4n) is 5.77. The molecule has 0 saturated heterocycles. The predicted octanol–water partition coefficient (Wildman–Crippen LogP) is 9.85. The smallest absolute Gasteiger partial charge is 0.0717 e. The van der Waals surface area contributed by atoms with Gasteiger partial charge in [0.25, 0.3) is 0 Å². The standard InChI is InChI=1S/2C24H27NO2/c2*1-4-10-22(11-5-1)20-26-18-16-25(24-14-8-3-9-15-24)17-19-27-21-23-12-6-2-7-13-23/h2*1-15H,16-21H2. The van der Waals surface area contributed by atoms with Crippen molar-refractivity contribution >= 4 is 11.4 Å². The Morgan fingerprint density at radius 2 is 0.463 bits per heavy atom. The zero-order valence-electron chi connectivity index (χ0n) is 31.3. The van der Waals surface area contributed by atoms with E-state index in [1.54, 1.807) is 0 Å². The van der Waals surface area contributed by atoms with Crippen molar-refractivity contribution in [1.82, 2.24) is 0 Å². The topological polar surface area (TPSA) is 43.4 Å². The zero-order valence-corrected chi connectivity index (χ0v) is 31.3. The van der Waals surface area contributed by atoms with Gasteiger partial charge in [0.1, 0.15) is 0 Å². The van der Waals surface area contributed by atoms with Crippen LogP contribution in [0.25, 0.3) is 0 Å². The molecule has 0 unspecified atom stereocenters. The van der Waals surface area contributed by atoms with Crippen LogP contribution in [0.4, 0.5) is 11.4 Å². The fourth-order valence-corrected chi connectivity index (χ4v) is 5.77. The monoisotopic (exact) mass is 722 g/mol. The summed E-state index contributed by atoms with van der Waals surface area (Å²) in [6.45, 7) is 8.67. The Morgan fingerprint density at radius 1 is 0.259 bits per heavy atom. The van der Waals surface area contributed by atoms with Gasteiger partial charge in [0.05, 0.1) is 52.9 Å². The van der Waals surface area contributed by atoms with Crippen LogP contribution >= 0.6 is 0 Å². The Labute approximate surface area is 322 Å². The molecule has 6 aromatic rings. The molecule has 0 aliphatic rings. The minimum atomic E-state index is 0.647. The van der Waals surface area contributed by atoms with Crippen molar-refractivity contribution < 1.29 is 18.9 Å². The lowest BCUT2D eigenvalue weighted by Gasteiger charge is -2.25. The van der Waals surface area contributed by atoms with E-state index < -0.39 is 0 Å². The van der Waals surface area contributed by atoms with E-state index in [2.05, 4.69) is 107 Å². The molecule has 0 N–H and O–H groups in total. The molecule has 6 rings (SSSR count). The van der Waals surface area contributed by atoms with E-state index in [0.717, 1.165) is 26.2 Å². The molecule has 280 valence electrons. The van der Waals surface area contributed by atoms with Crippen LogP contribution in [-0.2, 0) is 45.4 Å². The summed E-state index contributed by atoms with van der Waals surface area (Å²) in [7, 11) is 0. The molecular weight excluding hydrogens is 669 g/mol. The first-order valence-corrected chi connectivity index (χ1v) is 18.9. The molecule has 0 heterocycles. The average Bonchev–Trinajstić information content (AvgIpc) is 3.25. The molecule has 6 aromatic carbocycles. The third-order valence-corrected chi connectivity index (χ3v) is 8.71. The quantitative estimate of drug-likeness (QED) is 0.0651. The molecule has 0 bridgehead atoms. The second-order valence-corrected chi connectivity index (χ2v) is 12.8. The van der Waals surface area contributed by atoms with E-state index in [-0.39, 0.29) is 0 Å². The SMILES string of the molecule is c1ccc(COCCN(CCOCc2ccccc2)c2ccccc2)cc1.c1ccc(COCCN(CCOCc2ccccc2)c2ccccc2)cc1. The highest BCUT2D eigenvalue weighted by atomic mass is 16.5. The average molecular weight is 723 g/mol. The maximum Gasteiger partial charge on any atom is 0.0717 e. The van der Waals surface area contributed by atoms with Gasteiger partial charge in [0.2, 0.25) is 0 Å². The lowest BCUT2D eigenvalue weighted by Crippen LogP contribution is -2.31. The molecule has 0 amide bonds. The van der Waals surface area contributed by atoms with E-state index in [1.165, 1.54) is 33.6 Å². The molecule has 54 heavy (non-hydrogen) atoms. The van der Waals surface area contributed by atoms with Gasteiger partial charge in [-0.3, -0.25) is 0 Å². The number of hydrogen-bond acceptors (Lipinski definition) is 6. The third kappa shape index (κ3) is 15.8. The van der Waals surface area contributed by atoms with Crippen molar-refractivity contribution in [3.05, 3.63) is 204 Å². The maximum absolute atomic E-state index is 5.86. The summed E-state index contributed by atoms with van der Waals surface area (Å²) in [6.07, 6.45) is 0. The Bertz CT molecular complexity index is 1530. The minimum Gasteiger partial charge on any atom is -0.375 e. The first-order valence-electron chi connectivity index (χ1n) is 18.9. The van der Waals surface area contributed by atoms with E-state index in [1.807, 2.05) is 84.9 Å². The van der Waals surface area contributed by atoms with Gasteiger partial charge in [-0.25, -0.2) is 0 Å². The Kier molecular flexibility index (Phi) is 18.4. The number of nitrogens with zero attached hydrogens (tertiary/aromatic N) is 2. The highest BCUT2D eigenvalue weighted by Crippen LogP contribution is 2.15. The largest absolute Gasteiger partial charge is 0.375 e. The zero-order chi connectivity index (χ0) is 37.1. The normalized spacial score (nSPS) is 10.7. The molecule has 0 aliphatic carbocycles. The summed E-state index contributed by atoms with van der Waals surface area (Å²) in [5, 5.41) is 0. The van der Waals surface area contributed by atoms with Gasteiger partial charge in [0.15, 0.2) is 0 Å². The van der Waals surface area contributed by atoms with Crippen LogP contribution in [-0.4, -0.2) is 52.6 Å². The number of benzene rings is 6. The van der Waals surface area contributed by atoms with Crippen LogP contribution in [0.15, 0.2) is 182 Å². The van der Waals surface area contributed by atoms with E-state index in [0.29, 0.717) is 52.9 Å². The third-order valence-electron chi connectivity index (χ3n) is 8.71. The fraction of sp³-hybridized carbons (Fsp3) is 0.250. The molecule has 0 radical (unpaired) electrons. The van der Waals surface area contributed by atoms with Crippen molar-refractivity contribution in [3.8, 4) is 0 Å². The molecule has 0 fully saturated rings. The molecule has 0 aromatic heterocycles. The van der Waals surface area contributed by atoms with E-state index in [9.17, 15) is 0 Å². The second-order valence-electron chi connectivity index (χ2n) is 12.8. The van der Waals surface area contributed by atoms with Crippen molar-refractivity contribution in [1.29, 1.82) is 0 Å². The van der Waals surface area contributed by atoms with Crippen LogP contribution in [0.3, 0.4) is 0 Å². The molecule has 6 heteroatoms. The van der Waals surface area contributed by atoms with Gasteiger partial charge in [-0.15, -0.1) is 0 Å². The van der Waals surface area contributed by atoms with Crippen molar-refractivity contribution in [2.45, 2.75) is 26.4 Å².